The summed E-state index contributed by atoms with van der Waals surface area (Å²) in [4.78, 5) is 3.54. The molecule has 3 heteroatoms. The molecular formula is C15H15F2N. The molecule has 1 nitrogen and oxygen atoms in total. The van der Waals surface area contributed by atoms with E-state index in [4.69, 9.17) is 0 Å². The van der Waals surface area contributed by atoms with Crippen molar-refractivity contribution in [2.24, 2.45) is 0 Å². The molecule has 0 radical (unpaired) electrons. The Labute approximate surface area is 105 Å². The smallest absolute Gasteiger partial charge is 0.212 e. The molecule has 0 aliphatic carbocycles. The number of rotatable bonds is 4. The topological polar surface area (TPSA) is 12.9 Å². The average Bonchev–Trinajstić information content (AvgIpc) is 2.38. The van der Waals surface area contributed by atoms with Crippen LogP contribution in [0.2, 0.25) is 0 Å². The minimum absolute atomic E-state index is 0.281. The molecule has 2 rings (SSSR count). The van der Waals surface area contributed by atoms with E-state index in [1.54, 1.807) is 12.1 Å². The molecule has 1 aromatic carbocycles. The van der Waals surface area contributed by atoms with Crippen LogP contribution in [0.3, 0.4) is 0 Å². The standard InChI is InChI=1S/C15H15F2N/c1-2-3-4-11-5-7-13(14(16)9-11)12-6-8-15(17)18-10-12/h5-10H,2-4H2,1H3. The molecule has 0 bridgehead atoms. The Morgan fingerprint density at radius 2 is 1.94 bits per heavy atom. The van der Waals surface area contributed by atoms with Crippen molar-refractivity contribution < 1.29 is 8.78 Å². The average molecular weight is 247 g/mol. The highest BCUT2D eigenvalue weighted by molar-refractivity contribution is 5.63. The van der Waals surface area contributed by atoms with E-state index in [1.165, 1.54) is 18.3 Å². The first kappa shape index (κ1) is 12.7. The fourth-order valence-electron chi connectivity index (χ4n) is 1.86. The zero-order valence-corrected chi connectivity index (χ0v) is 10.3. The molecule has 0 spiro atoms. The number of aryl methyl sites for hydroxylation is 1. The predicted octanol–water partition coefficient (Wildman–Crippen LogP) is 4.37. The molecular weight excluding hydrogens is 232 g/mol. The van der Waals surface area contributed by atoms with Gasteiger partial charge in [-0.2, -0.15) is 4.39 Å². The minimum Gasteiger partial charge on any atom is -0.228 e. The Morgan fingerprint density at radius 1 is 1.11 bits per heavy atom. The molecule has 1 heterocycles. The van der Waals surface area contributed by atoms with Crippen molar-refractivity contribution in [1.29, 1.82) is 0 Å². The second-order valence-corrected chi connectivity index (χ2v) is 4.29. The minimum atomic E-state index is -0.557. The van der Waals surface area contributed by atoms with Crippen molar-refractivity contribution >= 4 is 0 Å². The molecule has 0 saturated heterocycles. The summed E-state index contributed by atoms with van der Waals surface area (Å²) in [6, 6.07) is 7.97. The molecule has 0 aliphatic rings. The Kier molecular flexibility index (Phi) is 4.03. The summed E-state index contributed by atoms with van der Waals surface area (Å²) in [6.07, 6.45) is 4.37. The lowest BCUT2D eigenvalue weighted by Gasteiger charge is -2.06. The largest absolute Gasteiger partial charge is 0.228 e. The van der Waals surface area contributed by atoms with Gasteiger partial charge in [0.05, 0.1) is 0 Å². The molecule has 0 saturated carbocycles. The first-order valence-electron chi connectivity index (χ1n) is 6.11. The Balaban J connectivity index is 2.26. The van der Waals surface area contributed by atoms with Crippen molar-refractivity contribution in [1.82, 2.24) is 4.98 Å². The number of nitrogens with zero attached hydrogens (tertiary/aromatic N) is 1. The van der Waals surface area contributed by atoms with Crippen LogP contribution in [0.4, 0.5) is 8.78 Å². The lowest BCUT2D eigenvalue weighted by Crippen LogP contribution is -1.91. The summed E-state index contributed by atoms with van der Waals surface area (Å²) in [5, 5.41) is 0. The van der Waals surface area contributed by atoms with E-state index in [0.717, 1.165) is 24.8 Å². The number of halogens is 2. The Morgan fingerprint density at radius 3 is 2.56 bits per heavy atom. The molecule has 0 fully saturated rings. The van der Waals surface area contributed by atoms with Crippen LogP contribution in [0.15, 0.2) is 36.5 Å². The van der Waals surface area contributed by atoms with Crippen LogP contribution in [-0.4, -0.2) is 4.98 Å². The third-order valence-corrected chi connectivity index (χ3v) is 2.89. The van der Waals surface area contributed by atoms with Crippen LogP contribution < -0.4 is 0 Å². The van der Waals surface area contributed by atoms with Gasteiger partial charge in [-0.1, -0.05) is 25.5 Å². The Bertz CT molecular complexity index is 521. The van der Waals surface area contributed by atoms with E-state index in [0.29, 0.717) is 11.1 Å². The molecule has 2 aromatic rings. The van der Waals surface area contributed by atoms with Gasteiger partial charge in [-0.15, -0.1) is 0 Å². The monoisotopic (exact) mass is 247 g/mol. The first-order chi connectivity index (χ1) is 8.70. The molecule has 94 valence electrons. The van der Waals surface area contributed by atoms with Crippen LogP contribution in [0.25, 0.3) is 11.1 Å². The number of aromatic nitrogens is 1. The second-order valence-electron chi connectivity index (χ2n) is 4.29. The van der Waals surface area contributed by atoms with E-state index in [2.05, 4.69) is 11.9 Å². The molecule has 0 N–H and O–H groups in total. The highest BCUT2D eigenvalue weighted by atomic mass is 19.1. The molecule has 1 aromatic heterocycles. The van der Waals surface area contributed by atoms with Crippen molar-refractivity contribution in [2.75, 3.05) is 0 Å². The van der Waals surface area contributed by atoms with Gasteiger partial charge in [0, 0.05) is 17.3 Å². The second kappa shape index (κ2) is 5.71. The van der Waals surface area contributed by atoms with Gasteiger partial charge >= 0.3 is 0 Å². The number of pyridine rings is 1. The van der Waals surface area contributed by atoms with Gasteiger partial charge in [0.2, 0.25) is 5.95 Å². The van der Waals surface area contributed by atoms with E-state index in [-0.39, 0.29) is 5.82 Å². The maximum atomic E-state index is 13.9. The first-order valence-corrected chi connectivity index (χ1v) is 6.11. The van der Waals surface area contributed by atoms with Gasteiger partial charge in [0.25, 0.3) is 0 Å². The van der Waals surface area contributed by atoms with Crippen LogP contribution in [0.1, 0.15) is 25.3 Å². The predicted molar refractivity (Wildman–Crippen MR) is 68.2 cm³/mol. The van der Waals surface area contributed by atoms with Gasteiger partial charge in [0.1, 0.15) is 5.82 Å². The highest BCUT2D eigenvalue weighted by Gasteiger charge is 2.06. The summed E-state index contributed by atoms with van der Waals surface area (Å²) in [5.74, 6) is -0.837. The summed E-state index contributed by atoms with van der Waals surface area (Å²) < 4.78 is 26.6. The van der Waals surface area contributed by atoms with Crippen LogP contribution in [0, 0.1) is 11.8 Å². The normalized spacial score (nSPS) is 10.6. The number of hydrogen-bond donors (Lipinski definition) is 0. The maximum Gasteiger partial charge on any atom is 0.212 e. The molecule has 0 atom stereocenters. The van der Waals surface area contributed by atoms with E-state index >= 15 is 0 Å². The fourth-order valence-corrected chi connectivity index (χ4v) is 1.86. The zero-order valence-electron chi connectivity index (χ0n) is 10.3. The van der Waals surface area contributed by atoms with Crippen molar-refractivity contribution in [2.45, 2.75) is 26.2 Å². The summed E-state index contributed by atoms with van der Waals surface area (Å²) in [6.45, 7) is 2.11. The van der Waals surface area contributed by atoms with Gasteiger partial charge < -0.3 is 0 Å². The van der Waals surface area contributed by atoms with E-state index in [1.807, 2.05) is 6.07 Å². The van der Waals surface area contributed by atoms with E-state index in [9.17, 15) is 8.78 Å². The van der Waals surface area contributed by atoms with Gasteiger partial charge in [0.15, 0.2) is 0 Å². The third-order valence-electron chi connectivity index (χ3n) is 2.89. The zero-order chi connectivity index (χ0) is 13.0. The number of unbranched alkanes of at least 4 members (excludes halogenated alkanes) is 1. The molecule has 18 heavy (non-hydrogen) atoms. The third kappa shape index (κ3) is 2.92. The lowest BCUT2D eigenvalue weighted by atomic mass is 10.0. The summed E-state index contributed by atoms with van der Waals surface area (Å²) in [7, 11) is 0. The van der Waals surface area contributed by atoms with E-state index < -0.39 is 5.95 Å². The maximum absolute atomic E-state index is 13.9. The van der Waals surface area contributed by atoms with Gasteiger partial charge in [-0.25, -0.2) is 9.37 Å². The van der Waals surface area contributed by atoms with Gasteiger partial charge in [-0.3, -0.25) is 0 Å². The van der Waals surface area contributed by atoms with Crippen molar-refractivity contribution in [3.63, 3.8) is 0 Å². The Hall–Kier alpha value is -1.77. The number of benzene rings is 1. The quantitative estimate of drug-likeness (QED) is 0.731. The van der Waals surface area contributed by atoms with Crippen molar-refractivity contribution in [3.8, 4) is 11.1 Å². The lowest BCUT2D eigenvalue weighted by molar-refractivity contribution is 0.583. The fraction of sp³-hybridized carbons (Fsp3) is 0.267. The van der Waals surface area contributed by atoms with Gasteiger partial charge in [-0.05, 0) is 36.6 Å². The summed E-state index contributed by atoms with van der Waals surface area (Å²) >= 11 is 0. The van der Waals surface area contributed by atoms with Crippen LogP contribution in [-0.2, 0) is 6.42 Å². The van der Waals surface area contributed by atoms with Crippen LogP contribution in [0.5, 0.6) is 0 Å². The SMILES string of the molecule is CCCCc1ccc(-c2ccc(F)nc2)c(F)c1. The molecule has 0 amide bonds. The highest BCUT2D eigenvalue weighted by Crippen LogP contribution is 2.23. The van der Waals surface area contributed by atoms with Crippen molar-refractivity contribution in [3.05, 3.63) is 53.9 Å². The molecule has 0 aliphatic heterocycles. The molecule has 0 unspecified atom stereocenters. The van der Waals surface area contributed by atoms with Crippen LogP contribution >= 0.6 is 0 Å². The number of hydrogen-bond acceptors (Lipinski definition) is 1. The summed E-state index contributed by atoms with van der Waals surface area (Å²) in [5.41, 5.74) is 2.05.